The highest BCUT2D eigenvalue weighted by Gasteiger charge is 2.29. The van der Waals surface area contributed by atoms with E-state index in [2.05, 4.69) is 50.8 Å². The van der Waals surface area contributed by atoms with Crippen LogP contribution < -0.4 is 10.6 Å². The van der Waals surface area contributed by atoms with E-state index >= 15 is 0 Å². The van der Waals surface area contributed by atoms with Crippen molar-refractivity contribution in [3.05, 3.63) is 87.9 Å². The first-order valence-electron chi connectivity index (χ1n) is 11.3. The predicted molar refractivity (Wildman–Crippen MR) is 137 cm³/mol. The SMILES string of the molecule is CC(CCNC(=O)OCC1c2ccccc2-c2ccccc21)C(=O)Nc1cc(Br)ccc1C(=O)O. The maximum atomic E-state index is 12.5. The smallest absolute Gasteiger partial charge is 0.407 e. The number of halogens is 1. The summed E-state index contributed by atoms with van der Waals surface area (Å²) in [6.45, 7) is 2.18. The van der Waals surface area contributed by atoms with Gasteiger partial charge in [-0.2, -0.15) is 0 Å². The lowest BCUT2D eigenvalue weighted by Gasteiger charge is -2.16. The first-order chi connectivity index (χ1) is 16.8. The van der Waals surface area contributed by atoms with E-state index in [4.69, 9.17) is 4.74 Å². The second-order valence-electron chi connectivity index (χ2n) is 8.43. The lowest BCUT2D eigenvalue weighted by molar-refractivity contribution is -0.119. The first kappa shape index (κ1) is 24.5. The fourth-order valence-corrected chi connectivity index (χ4v) is 4.59. The van der Waals surface area contributed by atoms with E-state index in [0.29, 0.717) is 10.9 Å². The highest BCUT2D eigenvalue weighted by molar-refractivity contribution is 9.10. The van der Waals surface area contributed by atoms with Gasteiger partial charge in [0.15, 0.2) is 0 Å². The number of fused-ring (bicyclic) bond motifs is 3. The van der Waals surface area contributed by atoms with Crippen molar-refractivity contribution >= 4 is 39.6 Å². The summed E-state index contributed by atoms with van der Waals surface area (Å²) in [5.41, 5.74) is 4.82. The van der Waals surface area contributed by atoms with Crippen LogP contribution in [0.25, 0.3) is 11.1 Å². The van der Waals surface area contributed by atoms with Crippen molar-refractivity contribution in [1.82, 2.24) is 5.32 Å². The largest absolute Gasteiger partial charge is 0.478 e. The molecule has 180 valence electrons. The highest BCUT2D eigenvalue weighted by Crippen LogP contribution is 2.44. The third kappa shape index (κ3) is 5.54. The molecule has 4 rings (SSSR count). The molecule has 1 aliphatic rings. The normalized spacial score (nSPS) is 12.9. The van der Waals surface area contributed by atoms with E-state index in [9.17, 15) is 19.5 Å². The summed E-state index contributed by atoms with van der Waals surface area (Å²) in [4.78, 5) is 36.3. The molecule has 0 bridgehead atoms. The van der Waals surface area contributed by atoms with Crippen molar-refractivity contribution in [3.8, 4) is 11.1 Å². The van der Waals surface area contributed by atoms with Crippen molar-refractivity contribution in [2.45, 2.75) is 19.3 Å². The van der Waals surface area contributed by atoms with Gasteiger partial charge in [-0.25, -0.2) is 9.59 Å². The lowest BCUT2D eigenvalue weighted by atomic mass is 9.98. The van der Waals surface area contributed by atoms with E-state index < -0.39 is 18.0 Å². The zero-order valence-corrected chi connectivity index (χ0v) is 20.7. The fourth-order valence-electron chi connectivity index (χ4n) is 4.23. The Labute approximate surface area is 211 Å². The predicted octanol–water partition coefficient (Wildman–Crippen LogP) is 5.65. The number of nitrogens with one attached hydrogen (secondary N) is 2. The third-order valence-electron chi connectivity index (χ3n) is 6.11. The number of benzene rings is 3. The van der Waals surface area contributed by atoms with Gasteiger partial charge in [-0.1, -0.05) is 71.4 Å². The Kier molecular flexibility index (Phi) is 7.51. The lowest BCUT2D eigenvalue weighted by Crippen LogP contribution is -2.30. The minimum absolute atomic E-state index is 0.00510. The molecule has 1 unspecified atom stereocenters. The fraction of sp³-hybridized carbons (Fsp3) is 0.222. The Morgan fingerprint density at radius 1 is 1.00 bits per heavy atom. The Morgan fingerprint density at radius 2 is 1.63 bits per heavy atom. The van der Waals surface area contributed by atoms with E-state index in [-0.39, 0.29) is 36.2 Å². The van der Waals surface area contributed by atoms with Crippen LogP contribution in [0.15, 0.2) is 71.2 Å². The van der Waals surface area contributed by atoms with Crippen LogP contribution in [0.4, 0.5) is 10.5 Å². The van der Waals surface area contributed by atoms with Crippen LogP contribution in [0.5, 0.6) is 0 Å². The molecule has 1 atom stereocenters. The molecule has 7 nitrogen and oxygen atoms in total. The number of aromatic carboxylic acids is 1. The molecule has 0 saturated carbocycles. The van der Waals surface area contributed by atoms with Crippen LogP contribution in [0.1, 0.15) is 40.7 Å². The van der Waals surface area contributed by atoms with Gasteiger partial charge in [0.25, 0.3) is 0 Å². The molecule has 0 saturated heterocycles. The van der Waals surface area contributed by atoms with Gasteiger partial charge in [-0.3, -0.25) is 4.79 Å². The molecule has 0 aliphatic heterocycles. The van der Waals surface area contributed by atoms with E-state index in [0.717, 1.165) is 22.3 Å². The van der Waals surface area contributed by atoms with Gasteiger partial charge in [0, 0.05) is 22.9 Å². The molecular formula is C27H25BrN2O5. The molecule has 35 heavy (non-hydrogen) atoms. The molecular weight excluding hydrogens is 512 g/mol. The summed E-state index contributed by atoms with van der Waals surface area (Å²) < 4.78 is 6.17. The zero-order valence-electron chi connectivity index (χ0n) is 19.1. The molecule has 8 heteroatoms. The molecule has 0 heterocycles. The summed E-state index contributed by atoms with van der Waals surface area (Å²) in [6, 6.07) is 20.8. The van der Waals surface area contributed by atoms with Crippen molar-refractivity contribution in [2.24, 2.45) is 5.92 Å². The first-order valence-corrected chi connectivity index (χ1v) is 12.1. The molecule has 0 aromatic heterocycles. The number of rotatable bonds is 8. The zero-order chi connectivity index (χ0) is 24.9. The summed E-state index contributed by atoms with van der Waals surface area (Å²) in [5, 5.41) is 14.7. The standard InChI is InChI=1S/C27H25BrN2O5/c1-16(25(31)30-24-14-17(28)10-11-22(24)26(32)33)12-13-29-27(34)35-15-23-20-8-4-2-6-18(20)19-7-3-5-9-21(19)23/h2-11,14,16,23H,12-13,15H2,1H3,(H,29,34)(H,30,31)(H,32,33). The van der Waals surface area contributed by atoms with Gasteiger partial charge >= 0.3 is 12.1 Å². The highest BCUT2D eigenvalue weighted by atomic mass is 79.9. The van der Waals surface area contributed by atoms with Crippen molar-refractivity contribution in [1.29, 1.82) is 0 Å². The number of amides is 2. The van der Waals surface area contributed by atoms with Crippen LogP contribution >= 0.6 is 15.9 Å². The molecule has 3 aromatic rings. The number of carbonyl (C=O) groups excluding carboxylic acids is 2. The minimum Gasteiger partial charge on any atom is -0.478 e. The summed E-state index contributed by atoms with van der Waals surface area (Å²) in [7, 11) is 0. The molecule has 3 aromatic carbocycles. The van der Waals surface area contributed by atoms with Gasteiger partial charge in [0.1, 0.15) is 6.61 Å². The van der Waals surface area contributed by atoms with Crippen molar-refractivity contribution in [2.75, 3.05) is 18.5 Å². The summed E-state index contributed by atoms with van der Waals surface area (Å²) in [6.07, 6.45) is -0.175. The van der Waals surface area contributed by atoms with Crippen LogP contribution in [-0.2, 0) is 9.53 Å². The quantitative estimate of drug-likeness (QED) is 0.345. The topological polar surface area (TPSA) is 105 Å². The molecule has 3 N–H and O–H groups in total. The summed E-state index contributed by atoms with van der Waals surface area (Å²) >= 11 is 3.28. The number of hydrogen-bond acceptors (Lipinski definition) is 4. The molecule has 0 fully saturated rings. The number of carboxylic acids is 1. The Hall–Kier alpha value is -3.65. The number of anilines is 1. The molecule has 0 spiro atoms. The van der Waals surface area contributed by atoms with Gasteiger partial charge in [0.2, 0.25) is 5.91 Å². The second-order valence-corrected chi connectivity index (χ2v) is 9.34. The van der Waals surface area contributed by atoms with E-state index in [1.54, 1.807) is 19.1 Å². The average Bonchev–Trinajstić information content (AvgIpc) is 3.16. The van der Waals surface area contributed by atoms with Gasteiger partial charge in [-0.05, 0) is 46.9 Å². The van der Waals surface area contributed by atoms with E-state index in [1.807, 2.05) is 24.3 Å². The average molecular weight is 537 g/mol. The Balaban J connectivity index is 1.27. The van der Waals surface area contributed by atoms with Gasteiger partial charge in [-0.15, -0.1) is 0 Å². The summed E-state index contributed by atoms with van der Waals surface area (Å²) in [5.74, 6) is -1.94. The monoisotopic (exact) mass is 536 g/mol. The van der Waals surface area contributed by atoms with Gasteiger partial charge < -0.3 is 20.5 Å². The maximum Gasteiger partial charge on any atom is 0.407 e. The number of alkyl carbamates (subject to hydrolysis) is 1. The van der Waals surface area contributed by atoms with Crippen LogP contribution in [-0.4, -0.2) is 36.2 Å². The molecule has 0 radical (unpaired) electrons. The number of carboxylic acid groups (broad SMARTS) is 1. The number of ether oxygens (including phenoxy) is 1. The van der Waals surface area contributed by atoms with Crippen molar-refractivity contribution < 1.29 is 24.2 Å². The second kappa shape index (κ2) is 10.7. The Morgan fingerprint density at radius 3 is 2.26 bits per heavy atom. The van der Waals surface area contributed by atoms with Gasteiger partial charge in [0.05, 0.1) is 11.3 Å². The third-order valence-corrected chi connectivity index (χ3v) is 6.60. The van der Waals surface area contributed by atoms with Crippen molar-refractivity contribution in [3.63, 3.8) is 0 Å². The number of carbonyl (C=O) groups is 3. The van der Waals surface area contributed by atoms with E-state index in [1.165, 1.54) is 6.07 Å². The number of hydrogen-bond donors (Lipinski definition) is 3. The minimum atomic E-state index is -1.13. The molecule has 1 aliphatic carbocycles. The Bertz CT molecular complexity index is 1230. The molecule has 2 amide bonds. The van der Waals surface area contributed by atoms with Crippen LogP contribution in [0.2, 0.25) is 0 Å². The van der Waals surface area contributed by atoms with Crippen LogP contribution in [0, 0.1) is 5.92 Å². The maximum absolute atomic E-state index is 12.5. The van der Waals surface area contributed by atoms with Crippen LogP contribution in [0.3, 0.4) is 0 Å².